The highest BCUT2D eigenvalue weighted by Crippen LogP contribution is 2.58. The highest BCUT2D eigenvalue weighted by molar-refractivity contribution is 6.31. The average Bonchev–Trinajstić information content (AvgIpc) is 3.22. The smallest absolute Gasteiger partial charge is 0.321 e. The highest BCUT2D eigenvalue weighted by atomic mass is 35.5. The molecule has 292 valence electrons. The predicted molar refractivity (Wildman–Crippen MR) is 211 cm³/mol. The van der Waals surface area contributed by atoms with Crippen molar-refractivity contribution in [2.45, 2.75) is 37.8 Å². The van der Waals surface area contributed by atoms with Gasteiger partial charge in [0, 0.05) is 49.6 Å². The van der Waals surface area contributed by atoms with E-state index in [9.17, 15) is 23.2 Å². The molecule has 4 aromatic heterocycles. The van der Waals surface area contributed by atoms with Gasteiger partial charge in [0.15, 0.2) is 0 Å². The lowest BCUT2D eigenvalue weighted by Crippen LogP contribution is -2.67. The van der Waals surface area contributed by atoms with Crippen molar-refractivity contribution in [2.75, 3.05) is 41.3 Å². The molecule has 4 saturated heterocycles. The third-order valence-corrected chi connectivity index (χ3v) is 11.7. The Balaban J connectivity index is 0.000000172. The molecule has 8 heterocycles. The number of halogens is 4. The number of rotatable bonds is 5. The lowest BCUT2D eigenvalue weighted by molar-refractivity contribution is -0.144. The number of hydrogen-bond acceptors (Lipinski definition) is 8. The number of anilines is 3. The zero-order valence-corrected chi connectivity index (χ0v) is 32.0. The maximum Gasteiger partial charge on any atom is 0.321 e. The Morgan fingerprint density at radius 3 is 1.65 bits per heavy atom. The molecule has 0 aliphatic carbocycles. The number of nitrogens with one attached hydrogen (secondary N) is 2. The van der Waals surface area contributed by atoms with Crippen molar-refractivity contribution in [1.29, 1.82) is 0 Å². The number of likely N-dealkylation sites (tertiary alicyclic amines) is 1. The number of piperidine rings is 2. The van der Waals surface area contributed by atoms with E-state index in [1.807, 2.05) is 36.4 Å². The summed E-state index contributed by atoms with van der Waals surface area (Å²) in [6.45, 7) is 2.33. The van der Waals surface area contributed by atoms with E-state index in [4.69, 9.17) is 23.2 Å². The van der Waals surface area contributed by atoms with E-state index in [0.717, 1.165) is 61.2 Å². The van der Waals surface area contributed by atoms with Gasteiger partial charge in [-0.05, 0) is 87.3 Å². The van der Waals surface area contributed by atoms with E-state index >= 15 is 0 Å². The molecule has 4 fully saturated rings. The minimum Gasteiger partial charge on any atom is -0.324 e. The Morgan fingerprint density at radius 1 is 0.702 bits per heavy atom. The number of carbonyl (C=O) groups excluding carboxylic acids is 3. The molecule has 1 aromatic carbocycles. The first-order valence-electron chi connectivity index (χ1n) is 18.5. The number of nitrogens with zero attached hydrogens (tertiary/aromatic N) is 7. The van der Waals surface area contributed by atoms with Crippen molar-refractivity contribution in [2.24, 2.45) is 10.8 Å². The fraction of sp³-hybridized carbons (Fsp3) is 0.293. The molecule has 12 nitrogen and oxygen atoms in total. The topological polar surface area (TPSA) is 137 Å². The normalized spacial score (nSPS) is 20.7. The number of aromatic nitrogens is 4. The number of urea groups is 1. The molecule has 4 aliphatic heterocycles. The molecule has 57 heavy (non-hydrogen) atoms. The van der Waals surface area contributed by atoms with Gasteiger partial charge in [-0.25, -0.2) is 13.6 Å². The zero-order valence-electron chi connectivity index (χ0n) is 30.5. The van der Waals surface area contributed by atoms with Gasteiger partial charge < -0.3 is 25.3 Å². The summed E-state index contributed by atoms with van der Waals surface area (Å²) in [4.78, 5) is 61.5. The molecule has 5 aromatic rings. The molecular weight excluding hydrogens is 775 g/mol. The standard InChI is InChI=1S/C24H20ClF2N5O2.C17H17ClN4O/c25-15-9-19(14-28-13-15)32-21(20-3-1-2-6-29-20)24(22(32)33)4-7-31(8-5-24)23(34)30-18-11-16(26)10-17(27)12-18;18-12-9-13(11-20-10-12)22-15(14-3-1-2-6-21-14)17(16(22)23)4-7-19-8-5-17/h1-3,6,9-14,21H,4-5,7-8H2,(H,30,34);1-3,6,9-11,15,19H,4-5,7-8H2. The van der Waals surface area contributed by atoms with Crippen molar-refractivity contribution in [3.05, 3.63) is 137 Å². The quantitative estimate of drug-likeness (QED) is 0.175. The number of carbonyl (C=O) groups is 3. The summed E-state index contributed by atoms with van der Waals surface area (Å²) < 4.78 is 26.9. The number of amides is 4. The first-order valence-corrected chi connectivity index (χ1v) is 19.3. The summed E-state index contributed by atoms with van der Waals surface area (Å²) >= 11 is 12.2. The lowest BCUT2D eigenvalue weighted by Gasteiger charge is -2.58. The van der Waals surface area contributed by atoms with Gasteiger partial charge >= 0.3 is 6.03 Å². The van der Waals surface area contributed by atoms with Crippen LogP contribution in [-0.4, -0.2) is 68.9 Å². The van der Waals surface area contributed by atoms with Crippen LogP contribution in [0.4, 0.5) is 30.6 Å². The molecule has 2 unspecified atom stereocenters. The number of pyridine rings is 4. The molecule has 4 amide bonds. The van der Waals surface area contributed by atoms with Crippen LogP contribution in [0.1, 0.15) is 49.2 Å². The number of β-lactam (4-membered cyclic amide) rings is 2. The van der Waals surface area contributed by atoms with Gasteiger partial charge in [-0.15, -0.1) is 0 Å². The van der Waals surface area contributed by atoms with E-state index in [1.54, 1.807) is 57.8 Å². The van der Waals surface area contributed by atoms with E-state index in [2.05, 4.69) is 30.6 Å². The predicted octanol–water partition coefficient (Wildman–Crippen LogP) is 7.40. The van der Waals surface area contributed by atoms with Gasteiger partial charge in [0.1, 0.15) is 11.6 Å². The van der Waals surface area contributed by atoms with Gasteiger partial charge in [-0.1, -0.05) is 35.3 Å². The number of hydrogen-bond donors (Lipinski definition) is 2. The zero-order chi connectivity index (χ0) is 39.7. The second-order valence-corrected chi connectivity index (χ2v) is 15.4. The van der Waals surface area contributed by atoms with Crippen molar-refractivity contribution in [3.8, 4) is 0 Å². The Labute approximate surface area is 337 Å². The molecule has 2 N–H and O–H groups in total. The molecule has 2 spiro atoms. The summed E-state index contributed by atoms with van der Waals surface area (Å²) in [5.41, 5.74) is 1.95. The van der Waals surface area contributed by atoms with Gasteiger partial charge in [-0.2, -0.15) is 0 Å². The van der Waals surface area contributed by atoms with Crippen LogP contribution in [0.5, 0.6) is 0 Å². The fourth-order valence-corrected chi connectivity index (χ4v) is 8.93. The summed E-state index contributed by atoms with van der Waals surface area (Å²) in [5.74, 6) is -1.47. The van der Waals surface area contributed by atoms with Gasteiger partial charge in [0.2, 0.25) is 11.8 Å². The maximum absolute atomic E-state index is 13.5. The summed E-state index contributed by atoms with van der Waals surface area (Å²) in [7, 11) is 0. The van der Waals surface area contributed by atoms with Crippen molar-refractivity contribution < 1.29 is 23.2 Å². The minimum atomic E-state index is -0.776. The van der Waals surface area contributed by atoms with Crippen LogP contribution in [0, 0.1) is 22.5 Å². The largest absolute Gasteiger partial charge is 0.324 e. The minimum absolute atomic E-state index is 0.0356. The van der Waals surface area contributed by atoms with Crippen molar-refractivity contribution in [3.63, 3.8) is 0 Å². The van der Waals surface area contributed by atoms with Crippen LogP contribution < -0.4 is 20.4 Å². The van der Waals surface area contributed by atoms with E-state index in [1.165, 1.54) is 6.20 Å². The third kappa shape index (κ3) is 7.17. The molecule has 2 atom stereocenters. The summed E-state index contributed by atoms with van der Waals surface area (Å²) in [6, 6.07) is 16.9. The molecule has 0 bridgehead atoms. The highest BCUT2D eigenvalue weighted by Gasteiger charge is 2.63. The van der Waals surface area contributed by atoms with Gasteiger partial charge in [0.05, 0.1) is 68.1 Å². The number of benzene rings is 1. The monoisotopic (exact) mass is 811 g/mol. The fourth-order valence-electron chi connectivity index (χ4n) is 8.60. The second-order valence-electron chi connectivity index (χ2n) is 14.5. The second kappa shape index (κ2) is 15.8. The Morgan fingerprint density at radius 2 is 1.19 bits per heavy atom. The van der Waals surface area contributed by atoms with E-state index in [-0.39, 0.29) is 35.0 Å². The maximum atomic E-state index is 13.5. The van der Waals surface area contributed by atoms with Gasteiger partial charge in [0.25, 0.3) is 0 Å². The first-order chi connectivity index (χ1) is 27.6. The van der Waals surface area contributed by atoms with Crippen LogP contribution >= 0.6 is 23.2 Å². The third-order valence-electron chi connectivity index (χ3n) is 11.3. The van der Waals surface area contributed by atoms with Crippen LogP contribution in [-0.2, 0) is 9.59 Å². The van der Waals surface area contributed by atoms with Crippen LogP contribution in [0.15, 0.2) is 104 Å². The Kier molecular flexibility index (Phi) is 10.6. The van der Waals surface area contributed by atoms with Crippen molar-refractivity contribution >= 4 is 58.1 Å². The van der Waals surface area contributed by atoms with Crippen molar-refractivity contribution in [1.82, 2.24) is 30.2 Å². The van der Waals surface area contributed by atoms with Crippen LogP contribution in [0.25, 0.3) is 0 Å². The SMILES string of the molecule is O=C(Nc1cc(F)cc(F)c1)N1CCC2(CC1)C(=O)N(c1cncc(Cl)c1)C2c1ccccn1.O=C1N(c2cncc(Cl)c2)C(c2ccccn2)C12CCNCC2. The van der Waals surface area contributed by atoms with E-state index in [0.29, 0.717) is 41.7 Å². The van der Waals surface area contributed by atoms with Crippen LogP contribution in [0.2, 0.25) is 10.0 Å². The van der Waals surface area contributed by atoms with E-state index < -0.39 is 23.1 Å². The molecule has 0 radical (unpaired) electrons. The molecular formula is C41H37Cl2F2N9O3. The lowest BCUT2D eigenvalue weighted by atomic mass is 9.63. The first kappa shape index (κ1) is 38.3. The van der Waals surface area contributed by atoms with Crippen LogP contribution in [0.3, 0.4) is 0 Å². The Bertz CT molecular complexity index is 2270. The average molecular weight is 813 g/mol. The summed E-state index contributed by atoms with van der Waals surface area (Å²) in [6.07, 6.45) is 12.3. The summed E-state index contributed by atoms with van der Waals surface area (Å²) in [5, 5.41) is 6.82. The molecule has 16 heteroatoms. The van der Waals surface area contributed by atoms with Gasteiger partial charge in [-0.3, -0.25) is 29.5 Å². The molecule has 4 aliphatic rings. The molecule has 0 saturated carbocycles. The molecule has 9 rings (SSSR count). The Hall–Kier alpha value is -5.57.